The van der Waals surface area contributed by atoms with E-state index in [1.807, 2.05) is 13.0 Å². The van der Waals surface area contributed by atoms with Crippen molar-refractivity contribution in [3.63, 3.8) is 0 Å². The molecule has 1 aromatic carbocycles. The van der Waals surface area contributed by atoms with Gasteiger partial charge in [-0.1, -0.05) is 23.7 Å². The molecule has 2 rings (SSSR count). The number of pyridine rings is 1. The molecule has 7 heteroatoms. The predicted octanol–water partition coefficient (Wildman–Crippen LogP) is 3.06. The van der Waals surface area contributed by atoms with Crippen molar-refractivity contribution in [2.75, 3.05) is 25.6 Å². The summed E-state index contributed by atoms with van der Waals surface area (Å²) in [5, 5.41) is 6.02. The highest BCUT2D eigenvalue weighted by molar-refractivity contribution is 6.31. The highest BCUT2D eigenvalue weighted by atomic mass is 35.5. The topological polar surface area (TPSA) is 80.3 Å². The number of hydrogen-bond acceptors (Lipinski definition) is 4. The van der Waals surface area contributed by atoms with Crippen LogP contribution < -0.4 is 10.6 Å². The number of nitrogens with one attached hydrogen (secondary N) is 2. The fourth-order valence-electron chi connectivity index (χ4n) is 2.06. The Balaban J connectivity index is 2.03. The first-order valence-electron chi connectivity index (χ1n) is 7.83. The van der Waals surface area contributed by atoms with Crippen LogP contribution in [0.3, 0.4) is 0 Å². The molecule has 1 aromatic heterocycles. The molecule has 0 bridgehead atoms. The summed E-state index contributed by atoms with van der Waals surface area (Å²) < 4.78 is 4.92. The van der Waals surface area contributed by atoms with Crippen LogP contribution in [0.5, 0.6) is 0 Å². The SMILES string of the molecule is COCCCNC(=O)c1cccc(C(=O)Nc2ccc(C)c(Cl)c2)n1. The number of halogens is 1. The molecule has 6 nitrogen and oxygen atoms in total. The van der Waals surface area contributed by atoms with Crippen LogP contribution in [0.2, 0.25) is 5.02 Å². The van der Waals surface area contributed by atoms with Gasteiger partial charge in [0.05, 0.1) is 0 Å². The quantitative estimate of drug-likeness (QED) is 0.743. The summed E-state index contributed by atoms with van der Waals surface area (Å²) in [5.74, 6) is -0.738. The average Bonchev–Trinajstić information content (AvgIpc) is 2.62. The molecule has 0 spiro atoms. The molecular formula is C18H20ClN3O3. The number of anilines is 1. The van der Waals surface area contributed by atoms with Gasteiger partial charge in [-0.05, 0) is 43.2 Å². The van der Waals surface area contributed by atoms with Gasteiger partial charge in [0.1, 0.15) is 11.4 Å². The van der Waals surface area contributed by atoms with E-state index in [1.54, 1.807) is 37.4 Å². The first-order chi connectivity index (χ1) is 12.0. The Morgan fingerprint density at radius 1 is 1.16 bits per heavy atom. The minimum Gasteiger partial charge on any atom is -0.385 e. The van der Waals surface area contributed by atoms with Crippen LogP contribution >= 0.6 is 11.6 Å². The zero-order chi connectivity index (χ0) is 18.2. The number of carbonyl (C=O) groups excluding carboxylic acids is 2. The highest BCUT2D eigenvalue weighted by Gasteiger charge is 2.12. The normalized spacial score (nSPS) is 10.4. The van der Waals surface area contributed by atoms with E-state index in [2.05, 4.69) is 15.6 Å². The molecule has 2 aromatic rings. The standard InChI is InChI=1S/C18H20ClN3O3/c1-12-7-8-13(11-14(12)19)21-18(24)16-6-3-5-15(22-16)17(23)20-9-4-10-25-2/h3,5-8,11H,4,9-10H2,1-2H3,(H,20,23)(H,21,24). The van der Waals surface area contributed by atoms with Crippen molar-refractivity contribution < 1.29 is 14.3 Å². The van der Waals surface area contributed by atoms with Crippen molar-refractivity contribution in [3.05, 3.63) is 58.4 Å². The van der Waals surface area contributed by atoms with Crippen LogP contribution in [0.15, 0.2) is 36.4 Å². The molecule has 1 heterocycles. The van der Waals surface area contributed by atoms with E-state index in [1.165, 1.54) is 0 Å². The van der Waals surface area contributed by atoms with Gasteiger partial charge in [-0.2, -0.15) is 0 Å². The lowest BCUT2D eigenvalue weighted by atomic mass is 10.2. The Morgan fingerprint density at radius 3 is 2.56 bits per heavy atom. The van der Waals surface area contributed by atoms with Crippen LogP contribution in [0, 0.1) is 6.92 Å². The molecule has 2 amide bonds. The highest BCUT2D eigenvalue weighted by Crippen LogP contribution is 2.20. The van der Waals surface area contributed by atoms with Gasteiger partial charge in [0, 0.05) is 31.0 Å². The molecule has 132 valence electrons. The molecule has 0 aliphatic rings. The van der Waals surface area contributed by atoms with Crippen LogP contribution in [0.4, 0.5) is 5.69 Å². The molecule has 0 fully saturated rings. The lowest BCUT2D eigenvalue weighted by Crippen LogP contribution is -2.27. The summed E-state index contributed by atoms with van der Waals surface area (Å²) in [7, 11) is 1.60. The Morgan fingerprint density at radius 2 is 1.88 bits per heavy atom. The number of ether oxygens (including phenoxy) is 1. The first kappa shape index (κ1) is 18.9. The van der Waals surface area contributed by atoms with E-state index in [0.29, 0.717) is 30.3 Å². The summed E-state index contributed by atoms with van der Waals surface area (Å²) >= 11 is 6.05. The summed E-state index contributed by atoms with van der Waals surface area (Å²) in [6.45, 7) is 2.92. The van der Waals surface area contributed by atoms with Crippen LogP contribution in [0.1, 0.15) is 33.0 Å². The van der Waals surface area contributed by atoms with E-state index in [0.717, 1.165) is 5.56 Å². The zero-order valence-corrected chi connectivity index (χ0v) is 14.9. The van der Waals surface area contributed by atoms with Crippen molar-refractivity contribution in [2.24, 2.45) is 0 Å². The molecule has 0 atom stereocenters. The monoisotopic (exact) mass is 361 g/mol. The number of aryl methyl sites for hydroxylation is 1. The number of carbonyl (C=O) groups is 2. The van der Waals surface area contributed by atoms with Gasteiger partial charge in [-0.3, -0.25) is 9.59 Å². The third-order valence-electron chi connectivity index (χ3n) is 3.45. The van der Waals surface area contributed by atoms with Crippen molar-refractivity contribution >= 4 is 29.1 Å². The number of nitrogens with zero attached hydrogens (tertiary/aromatic N) is 1. The van der Waals surface area contributed by atoms with E-state index in [9.17, 15) is 9.59 Å². The molecule has 0 saturated carbocycles. The Kier molecular flexibility index (Phi) is 6.91. The van der Waals surface area contributed by atoms with Crippen LogP contribution in [0.25, 0.3) is 0 Å². The van der Waals surface area contributed by atoms with Crippen molar-refractivity contribution in [1.29, 1.82) is 0 Å². The van der Waals surface area contributed by atoms with Gasteiger partial charge in [-0.15, -0.1) is 0 Å². The fourth-order valence-corrected chi connectivity index (χ4v) is 2.24. The van der Waals surface area contributed by atoms with Crippen molar-refractivity contribution in [2.45, 2.75) is 13.3 Å². The van der Waals surface area contributed by atoms with E-state index < -0.39 is 5.91 Å². The lowest BCUT2D eigenvalue weighted by molar-refractivity contribution is 0.0943. The molecule has 0 aliphatic heterocycles. The van der Waals surface area contributed by atoms with Crippen LogP contribution in [-0.4, -0.2) is 37.1 Å². The summed E-state index contributed by atoms with van der Waals surface area (Å²) in [6, 6.07) is 9.97. The van der Waals surface area contributed by atoms with Gasteiger partial charge in [0.2, 0.25) is 0 Å². The fraction of sp³-hybridized carbons (Fsp3) is 0.278. The number of amides is 2. The molecule has 0 unspecified atom stereocenters. The number of rotatable bonds is 7. The third-order valence-corrected chi connectivity index (χ3v) is 3.86. The van der Waals surface area contributed by atoms with E-state index in [4.69, 9.17) is 16.3 Å². The predicted molar refractivity (Wildman–Crippen MR) is 97.2 cm³/mol. The average molecular weight is 362 g/mol. The van der Waals surface area contributed by atoms with Gasteiger partial charge < -0.3 is 15.4 Å². The Bertz CT molecular complexity index is 765. The van der Waals surface area contributed by atoms with Crippen LogP contribution in [-0.2, 0) is 4.74 Å². The number of aromatic nitrogens is 1. The van der Waals surface area contributed by atoms with Crippen molar-refractivity contribution in [1.82, 2.24) is 10.3 Å². The maximum atomic E-state index is 12.3. The van der Waals surface area contributed by atoms with Gasteiger partial charge >= 0.3 is 0 Å². The second-order valence-corrected chi connectivity index (χ2v) is 5.84. The molecule has 0 saturated heterocycles. The molecule has 25 heavy (non-hydrogen) atoms. The number of benzene rings is 1. The Labute approximate surface area is 151 Å². The molecule has 0 aliphatic carbocycles. The van der Waals surface area contributed by atoms with E-state index in [-0.39, 0.29) is 17.3 Å². The zero-order valence-electron chi connectivity index (χ0n) is 14.1. The van der Waals surface area contributed by atoms with E-state index >= 15 is 0 Å². The molecular weight excluding hydrogens is 342 g/mol. The minimum atomic E-state index is -0.408. The summed E-state index contributed by atoms with van der Waals surface area (Å²) in [5.41, 5.74) is 1.83. The largest absolute Gasteiger partial charge is 0.385 e. The first-order valence-corrected chi connectivity index (χ1v) is 8.20. The number of methoxy groups -OCH3 is 1. The number of hydrogen-bond donors (Lipinski definition) is 2. The second-order valence-electron chi connectivity index (χ2n) is 5.43. The Hall–Kier alpha value is -2.44. The smallest absolute Gasteiger partial charge is 0.274 e. The summed E-state index contributed by atoms with van der Waals surface area (Å²) in [4.78, 5) is 28.5. The maximum absolute atomic E-state index is 12.3. The maximum Gasteiger partial charge on any atom is 0.274 e. The van der Waals surface area contributed by atoms with Gasteiger partial charge in [0.15, 0.2) is 0 Å². The molecule has 0 radical (unpaired) electrons. The third kappa shape index (κ3) is 5.55. The van der Waals surface area contributed by atoms with Crippen molar-refractivity contribution in [3.8, 4) is 0 Å². The van der Waals surface area contributed by atoms with Gasteiger partial charge in [0.25, 0.3) is 11.8 Å². The van der Waals surface area contributed by atoms with Gasteiger partial charge in [-0.25, -0.2) is 4.98 Å². The summed E-state index contributed by atoms with van der Waals surface area (Å²) in [6.07, 6.45) is 0.705. The minimum absolute atomic E-state index is 0.154. The second kappa shape index (κ2) is 9.15. The lowest BCUT2D eigenvalue weighted by Gasteiger charge is -2.08. The molecule has 2 N–H and O–H groups in total.